The van der Waals surface area contributed by atoms with Crippen LogP contribution in [0.1, 0.15) is 32.3 Å². The molecule has 0 bridgehead atoms. The maximum Gasteiger partial charge on any atom is 0.156 e. The lowest BCUT2D eigenvalue weighted by atomic mass is 9.88. The molecule has 0 heterocycles. The van der Waals surface area contributed by atoms with E-state index in [4.69, 9.17) is 28.9 Å². The second-order valence-corrected chi connectivity index (χ2v) is 5.35. The Morgan fingerprint density at radius 3 is 2.65 bits per heavy atom. The zero-order valence-electron chi connectivity index (χ0n) is 10.1. The van der Waals surface area contributed by atoms with Gasteiger partial charge < -0.3 is 5.73 Å². The van der Waals surface area contributed by atoms with E-state index in [-0.39, 0.29) is 12.2 Å². The molecule has 1 atom stereocenters. The Morgan fingerprint density at radius 2 is 2.06 bits per heavy atom. The second-order valence-electron chi connectivity index (χ2n) is 4.50. The zero-order valence-corrected chi connectivity index (χ0v) is 11.6. The minimum absolute atomic E-state index is 0.0106. The Hall–Kier alpha value is -0.570. The quantitative estimate of drug-likeness (QED) is 0.891. The number of hydrogen-bond donors (Lipinski definition) is 1. The summed E-state index contributed by atoms with van der Waals surface area (Å²) in [5, 5.41) is 1.13. The van der Waals surface area contributed by atoms with Gasteiger partial charge in [0.1, 0.15) is 0 Å². The molecule has 0 aliphatic rings. The number of carbonyl (C=O) groups is 1. The molecule has 0 aromatic heterocycles. The molecule has 1 aromatic carbocycles. The van der Waals surface area contributed by atoms with Crippen LogP contribution in [0.2, 0.25) is 10.0 Å². The summed E-state index contributed by atoms with van der Waals surface area (Å²) < 4.78 is 0. The van der Waals surface area contributed by atoms with Gasteiger partial charge in [0.2, 0.25) is 0 Å². The smallest absolute Gasteiger partial charge is 0.156 e. The van der Waals surface area contributed by atoms with Gasteiger partial charge >= 0.3 is 0 Å². The standard InChI is InChI=1S/C13H17Cl2NO/c1-3-6-13(2,16)12(17)8-9-7-10(14)4-5-11(9)15/h4-5,7H,3,6,8,16H2,1-2H3. The first-order valence-electron chi connectivity index (χ1n) is 5.63. The maximum absolute atomic E-state index is 12.1. The van der Waals surface area contributed by atoms with E-state index in [2.05, 4.69) is 0 Å². The summed E-state index contributed by atoms with van der Waals surface area (Å²) >= 11 is 11.9. The summed E-state index contributed by atoms with van der Waals surface area (Å²) in [6.07, 6.45) is 1.78. The van der Waals surface area contributed by atoms with Crippen molar-refractivity contribution in [2.24, 2.45) is 5.73 Å². The van der Waals surface area contributed by atoms with Crippen LogP contribution < -0.4 is 5.73 Å². The van der Waals surface area contributed by atoms with E-state index in [1.807, 2.05) is 6.92 Å². The highest BCUT2D eigenvalue weighted by Gasteiger charge is 2.27. The first kappa shape index (κ1) is 14.5. The van der Waals surface area contributed by atoms with Gasteiger partial charge in [-0.2, -0.15) is 0 Å². The van der Waals surface area contributed by atoms with Crippen LogP contribution in [0, 0.1) is 0 Å². The predicted octanol–water partition coefficient (Wildman–Crippen LogP) is 3.62. The van der Waals surface area contributed by atoms with Crippen LogP contribution >= 0.6 is 23.2 Å². The molecular formula is C13H17Cl2NO. The van der Waals surface area contributed by atoms with Crippen molar-refractivity contribution in [3.8, 4) is 0 Å². The number of benzene rings is 1. The van der Waals surface area contributed by atoms with Crippen LogP contribution in [0.25, 0.3) is 0 Å². The number of halogens is 2. The molecule has 2 nitrogen and oxygen atoms in total. The van der Waals surface area contributed by atoms with E-state index in [9.17, 15) is 4.79 Å². The molecule has 0 spiro atoms. The summed E-state index contributed by atoms with van der Waals surface area (Å²) in [5.41, 5.74) is 5.92. The Bertz CT molecular complexity index is 416. The largest absolute Gasteiger partial charge is 0.319 e. The fourth-order valence-electron chi connectivity index (χ4n) is 1.71. The van der Waals surface area contributed by atoms with Gasteiger partial charge in [0, 0.05) is 16.5 Å². The molecule has 17 heavy (non-hydrogen) atoms. The minimum Gasteiger partial charge on any atom is -0.319 e. The summed E-state index contributed by atoms with van der Waals surface area (Å²) in [5.74, 6) is -0.0106. The third-order valence-electron chi connectivity index (χ3n) is 2.77. The van der Waals surface area contributed by atoms with Crippen molar-refractivity contribution >= 4 is 29.0 Å². The van der Waals surface area contributed by atoms with Gasteiger partial charge in [-0.3, -0.25) is 4.79 Å². The molecule has 94 valence electrons. The summed E-state index contributed by atoms with van der Waals surface area (Å²) in [6.45, 7) is 3.77. The number of Topliss-reactive ketones (excluding diaryl/α,β-unsaturated/α-hetero) is 1. The molecule has 1 aromatic rings. The van der Waals surface area contributed by atoms with Crippen molar-refractivity contribution in [1.29, 1.82) is 0 Å². The van der Waals surface area contributed by atoms with Gasteiger partial charge in [0.05, 0.1) is 5.54 Å². The van der Waals surface area contributed by atoms with E-state index in [1.54, 1.807) is 25.1 Å². The van der Waals surface area contributed by atoms with E-state index in [1.165, 1.54) is 0 Å². The number of carbonyl (C=O) groups excluding carboxylic acids is 1. The van der Waals surface area contributed by atoms with Gasteiger partial charge in [0.25, 0.3) is 0 Å². The highest BCUT2D eigenvalue weighted by molar-refractivity contribution is 6.33. The molecular weight excluding hydrogens is 257 g/mol. The molecule has 1 rings (SSSR count). The van der Waals surface area contributed by atoms with Crippen LogP contribution in [-0.4, -0.2) is 11.3 Å². The van der Waals surface area contributed by atoms with Gasteiger partial charge in [0.15, 0.2) is 5.78 Å². The normalized spacial score (nSPS) is 14.4. The molecule has 0 aliphatic carbocycles. The van der Waals surface area contributed by atoms with Crippen molar-refractivity contribution in [2.45, 2.75) is 38.6 Å². The van der Waals surface area contributed by atoms with E-state index in [0.717, 1.165) is 12.0 Å². The number of hydrogen-bond acceptors (Lipinski definition) is 2. The van der Waals surface area contributed by atoms with Crippen molar-refractivity contribution in [3.05, 3.63) is 33.8 Å². The third kappa shape index (κ3) is 3.98. The van der Waals surface area contributed by atoms with Crippen molar-refractivity contribution in [3.63, 3.8) is 0 Å². The number of ketones is 1. The topological polar surface area (TPSA) is 43.1 Å². The fraction of sp³-hybridized carbons (Fsp3) is 0.462. The van der Waals surface area contributed by atoms with Gasteiger partial charge in [-0.05, 0) is 37.1 Å². The Balaban J connectivity index is 2.84. The van der Waals surface area contributed by atoms with Gasteiger partial charge in [-0.15, -0.1) is 0 Å². The van der Waals surface area contributed by atoms with E-state index in [0.29, 0.717) is 16.5 Å². The zero-order chi connectivity index (χ0) is 13.1. The second kappa shape index (κ2) is 5.85. The summed E-state index contributed by atoms with van der Waals surface area (Å²) in [6, 6.07) is 5.11. The highest BCUT2D eigenvalue weighted by Crippen LogP contribution is 2.23. The average molecular weight is 274 g/mol. The van der Waals surface area contributed by atoms with Crippen LogP contribution in [0.5, 0.6) is 0 Å². The van der Waals surface area contributed by atoms with E-state index < -0.39 is 5.54 Å². The highest BCUT2D eigenvalue weighted by atomic mass is 35.5. The van der Waals surface area contributed by atoms with Crippen LogP contribution in [0.15, 0.2) is 18.2 Å². The van der Waals surface area contributed by atoms with Crippen LogP contribution in [0.3, 0.4) is 0 Å². The molecule has 0 aliphatic heterocycles. The first-order valence-corrected chi connectivity index (χ1v) is 6.38. The van der Waals surface area contributed by atoms with Crippen molar-refractivity contribution in [1.82, 2.24) is 0 Å². The van der Waals surface area contributed by atoms with E-state index >= 15 is 0 Å². The summed E-state index contributed by atoms with van der Waals surface area (Å²) in [7, 11) is 0. The molecule has 0 saturated heterocycles. The van der Waals surface area contributed by atoms with Gasteiger partial charge in [-0.1, -0.05) is 36.5 Å². The minimum atomic E-state index is -0.791. The Kier molecular flexibility index (Phi) is 4.99. The molecule has 0 saturated carbocycles. The molecule has 0 fully saturated rings. The van der Waals surface area contributed by atoms with Crippen molar-refractivity contribution in [2.75, 3.05) is 0 Å². The Morgan fingerprint density at radius 1 is 1.41 bits per heavy atom. The molecule has 1 unspecified atom stereocenters. The lowest BCUT2D eigenvalue weighted by molar-refractivity contribution is -0.123. The molecule has 0 radical (unpaired) electrons. The predicted molar refractivity (Wildman–Crippen MR) is 72.7 cm³/mol. The third-order valence-corrected chi connectivity index (χ3v) is 3.37. The summed E-state index contributed by atoms with van der Waals surface area (Å²) in [4.78, 5) is 12.1. The van der Waals surface area contributed by atoms with Gasteiger partial charge in [-0.25, -0.2) is 0 Å². The maximum atomic E-state index is 12.1. The molecule has 2 N–H and O–H groups in total. The molecule has 4 heteroatoms. The average Bonchev–Trinajstić information content (AvgIpc) is 2.23. The molecule has 0 amide bonds. The Labute approximate surface area is 112 Å². The SMILES string of the molecule is CCCC(C)(N)C(=O)Cc1cc(Cl)ccc1Cl. The fourth-order valence-corrected chi connectivity index (χ4v) is 2.09. The van der Waals surface area contributed by atoms with Crippen molar-refractivity contribution < 1.29 is 4.79 Å². The number of rotatable bonds is 5. The lowest BCUT2D eigenvalue weighted by Gasteiger charge is -2.22. The monoisotopic (exact) mass is 273 g/mol. The van der Waals surface area contributed by atoms with Crippen LogP contribution in [-0.2, 0) is 11.2 Å². The first-order chi connectivity index (χ1) is 7.86. The number of nitrogens with two attached hydrogens (primary N) is 1. The lowest BCUT2D eigenvalue weighted by Crippen LogP contribution is -2.45. The van der Waals surface area contributed by atoms with Crippen LogP contribution in [0.4, 0.5) is 0 Å².